The maximum Gasteiger partial charge on any atom is 0.341 e. The summed E-state index contributed by atoms with van der Waals surface area (Å²) in [6, 6.07) is 9.77. The fourth-order valence-electron chi connectivity index (χ4n) is 4.54. The van der Waals surface area contributed by atoms with Crippen molar-refractivity contribution in [1.82, 2.24) is 15.0 Å². The minimum Gasteiger partial charge on any atom is -0.507 e. The normalized spacial score (nSPS) is 15.0. The summed E-state index contributed by atoms with van der Waals surface area (Å²) >= 11 is 1.41. The number of nitrogens with one attached hydrogen (secondary N) is 2. The number of phenolic OH excluding ortho intramolecular Hbond substituents is 1. The molecule has 0 spiro atoms. The van der Waals surface area contributed by atoms with Gasteiger partial charge in [-0.15, -0.1) is 11.3 Å². The Bertz CT molecular complexity index is 1560. The number of thiazole rings is 1. The number of hydrogen-bond donors (Lipinski definition) is 3. The van der Waals surface area contributed by atoms with Gasteiger partial charge in [-0.3, -0.25) is 4.79 Å². The van der Waals surface area contributed by atoms with Gasteiger partial charge in [0, 0.05) is 36.6 Å². The molecule has 3 heterocycles. The van der Waals surface area contributed by atoms with Crippen LogP contribution < -0.4 is 25.0 Å². The van der Waals surface area contributed by atoms with Crippen LogP contribution in [0.15, 0.2) is 41.9 Å². The molecule has 13 heteroatoms. The summed E-state index contributed by atoms with van der Waals surface area (Å²) < 4.78 is 15.4. The van der Waals surface area contributed by atoms with Gasteiger partial charge in [0.2, 0.25) is 11.9 Å². The van der Waals surface area contributed by atoms with Crippen LogP contribution in [0.4, 0.5) is 23.1 Å². The molecule has 0 aliphatic carbocycles. The first-order chi connectivity index (χ1) is 19.4. The van der Waals surface area contributed by atoms with Crippen LogP contribution in [0.2, 0.25) is 0 Å². The second kappa shape index (κ2) is 11.6. The van der Waals surface area contributed by atoms with Gasteiger partial charge in [-0.1, -0.05) is 0 Å². The number of rotatable bonds is 8. The van der Waals surface area contributed by atoms with Crippen LogP contribution in [-0.2, 0) is 9.53 Å². The molecule has 0 bridgehead atoms. The standard InChI is InChI=1S/C27H28N6O6S/c1-37-20-9-7-17(12-21(20)38-2)29-23-22-25(40-14-28-22)32-27(31-23)33-10-4-5-15(13-33)24(35)30-16-6-8-18(19(34)11-16)26(36)39-3/h6-9,11-12,14-15,34H,4-5,10,13H2,1-3H3,(H,30,35)(H,29,31,32). The van der Waals surface area contributed by atoms with E-state index in [1.54, 1.807) is 31.9 Å². The third-order valence-corrected chi connectivity index (χ3v) is 7.30. The van der Waals surface area contributed by atoms with Crippen LogP contribution in [0.5, 0.6) is 17.2 Å². The summed E-state index contributed by atoms with van der Waals surface area (Å²) in [6.07, 6.45) is 1.46. The molecule has 1 saturated heterocycles. The molecule has 0 radical (unpaired) electrons. The van der Waals surface area contributed by atoms with Gasteiger partial charge in [0.15, 0.2) is 22.1 Å². The predicted molar refractivity (Wildman–Crippen MR) is 151 cm³/mol. The van der Waals surface area contributed by atoms with Crippen molar-refractivity contribution in [3.63, 3.8) is 0 Å². The highest BCUT2D eigenvalue weighted by molar-refractivity contribution is 7.16. The number of hydrogen-bond acceptors (Lipinski definition) is 12. The first-order valence-corrected chi connectivity index (χ1v) is 13.4. The van der Waals surface area contributed by atoms with Crippen molar-refractivity contribution in [3.8, 4) is 17.2 Å². The van der Waals surface area contributed by atoms with Crippen molar-refractivity contribution >= 4 is 56.7 Å². The highest BCUT2D eigenvalue weighted by Gasteiger charge is 2.28. The van der Waals surface area contributed by atoms with Crippen molar-refractivity contribution < 1.29 is 28.9 Å². The maximum absolute atomic E-state index is 13.1. The van der Waals surface area contributed by atoms with E-state index in [0.717, 1.165) is 16.9 Å². The van der Waals surface area contributed by atoms with Gasteiger partial charge < -0.3 is 34.9 Å². The first-order valence-electron chi connectivity index (χ1n) is 12.5. The molecule has 1 aliphatic heterocycles. The average Bonchev–Trinajstić information content (AvgIpc) is 3.46. The highest BCUT2D eigenvalue weighted by atomic mass is 32.1. The second-order valence-electron chi connectivity index (χ2n) is 9.07. The number of phenols is 1. The van der Waals surface area contributed by atoms with Gasteiger partial charge in [-0.05, 0) is 37.1 Å². The van der Waals surface area contributed by atoms with Crippen LogP contribution in [0.25, 0.3) is 10.3 Å². The van der Waals surface area contributed by atoms with E-state index in [-0.39, 0.29) is 23.1 Å². The fraction of sp³-hybridized carbons (Fsp3) is 0.296. The predicted octanol–water partition coefficient (Wildman–Crippen LogP) is 4.19. The number of carbonyl (C=O) groups excluding carboxylic acids is 2. The minimum absolute atomic E-state index is 0.0254. The molecule has 2 aromatic carbocycles. The van der Waals surface area contributed by atoms with E-state index in [1.807, 2.05) is 17.0 Å². The Balaban J connectivity index is 1.34. The number of methoxy groups -OCH3 is 3. The summed E-state index contributed by atoms with van der Waals surface area (Å²) in [5.41, 5.74) is 3.52. The summed E-state index contributed by atoms with van der Waals surface area (Å²) in [6.45, 7) is 1.11. The molecule has 3 N–H and O–H groups in total. The highest BCUT2D eigenvalue weighted by Crippen LogP contribution is 2.34. The molecule has 40 heavy (non-hydrogen) atoms. The van der Waals surface area contributed by atoms with Crippen molar-refractivity contribution in [2.45, 2.75) is 12.8 Å². The summed E-state index contributed by atoms with van der Waals surface area (Å²) in [5.74, 6) is 0.777. The topological polar surface area (TPSA) is 148 Å². The van der Waals surface area contributed by atoms with Crippen LogP contribution in [0, 0.1) is 5.92 Å². The molecule has 12 nitrogen and oxygen atoms in total. The minimum atomic E-state index is -0.656. The SMILES string of the molecule is COC(=O)c1ccc(NC(=O)C2CCCN(c3nc(Nc4ccc(OC)c(OC)c4)c4ncsc4n3)C2)cc1O. The number of carbonyl (C=O) groups is 2. The Kier molecular flexibility index (Phi) is 7.82. The van der Waals surface area contributed by atoms with E-state index < -0.39 is 5.97 Å². The Morgan fingerprint density at radius 3 is 2.60 bits per heavy atom. The summed E-state index contributed by atoms with van der Waals surface area (Å²) in [4.78, 5) is 41.5. The van der Waals surface area contributed by atoms with Crippen molar-refractivity contribution in [3.05, 3.63) is 47.5 Å². The zero-order valence-electron chi connectivity index (χ0n) is 22.1. The molecule has 208 valence electrons. The van der Waals surface area contributed by atoms with E-state index in [9.17, 15) is 14.7 Å². The van der Waals surface area contributed by atoms with Gasteiger partial charge in [0.25, 0.3) is 0 Å². The number of piperidine rings is 1. The van der Waals surface area contributed by atoms with E-state index in [2.05, 4.69) is 20.4 Å². The van der Waals surface area contributed by atoms with Gasteiger partial charge in [0.05, 0.1) is 32.8 Å². The molecule has 5 rings (SSSR count). The smallest absolute Gasteiger partial charge is 0.341 e. The molecule has 1 atom stereocenters. The quantitative estimate of drug-likeness (QED) is 0.265. The fourth-order valence-corrected chi connectivity index (χ4v) is 5.19. The monoisotopic (exact) mass is 564 g/mol. The Labute approximate surface area is 233 Å². The molecular formula is C27H28N6O6S. The van der Waals surface area contributed by atoms with Crippen molar-refractivity contribution in [2.24, 2.45) is 5.92 Å². The Hall–Kier alpha value is -4.65. The number of aromatic hydroxyl groups is 1. The maximum atomic E-state index is 13.1. The molecule has 1 fully saturated rings. The number of benzene rings is 2. The van der Waals surface area contributed by atoms with Gasteiger partial charge in [-0.2, -0.15) is 9.97 Å². The van der Waals surface area contributed by atoms with E-state index in [4.69, 9.17) is 19.4 Å². The largest absolute Gasteiger partial charge is 0.507 e. The third-order valence-electron chi connectivity index (χ3n) is 6.58. The number of anilines is 4. The van der Waals surface area contributed by atoms with Crippen molar-refractivity contribution in [2.75, 3.05) is 50.0 Å². The van der Waals surface area contributed by atoms with Crippen LogP contribution in [0.1, 0.15) is 23.2 Å². The lowest BCUT2D eigenvalue weighted by molar-refractivity contribution is -0.120. The van der Waals surface area contributed by atoms with E-state index in [1.165, 1.54) is 30.6 Å². The molecule has 4 aromatic rings. The van der Waals surface area contributed by atoms with E-state index in [0.29, 0.717) is 54.0 Å². The number of esters is 1. The zero-order chi connectivity index (χ0) is 28.2. The van der Waals surface area contributed by atoms with Crippen LogP contribution in [0.3, 0.4) is 0 Å². The molecule has 0 saturated carbocycles. The Morgan fingerprint density at radius 1 is 1.05 bits per heavy atom. The third kappa shape index (κ3) is 5.54. The number of fused-ring (bicyclic) bond motifs is 1. The summed E-state index contributed by atoms with van der Waals surface area (Å²) in [7, 11) is 4.39. The van der Waals surface area contributed by atoms with Crippen LogP contribution >= 0.6 is 11.3 Å². The number of ether oxygens (including phenoxy) is 3. The number of aromatic nitrogens is 3. The second-order valence-corrected chi connectivity index (χ2v) is 9.90. The number of amides is 1. The molecule has 2 aromatic heterocycles. The van der Waals surface area contributed by atoms with E-state index >= 15 is 0 Å². The summed E-state index contributed by atoms with van der Waals surface area (Å²) in [5, 5.41) is 16.3. The lowest BCUT2D eigenvalue weighted by Gasteiger charge is -2.32. The molecular weight excluding hydrogens is 536 g/mol. The van der Waals surface area contributed by atoms with Gasteiger partial charge >= 0.3 is 5.97 Å². The number of nitrogens with zero attached hydrogens (tertiary/aromatic N) is 4. The zero-order valence-corrected chi connectivity index (χ0v) is 22.9. The lowest BCUT2D eigenvalue weighted by Crippen LogP contribution is -2.41. The van der Waals surface area contributed by atoms with Gasteiger partial charge in [0.1, 0.15) is 16.8 Å². The lowest BCUT2D eigenvalue weighted by atomic mass is 9.97. The molecule has 1 aliphatic rings. The van der Waals surface area contributed by atoms with Gasteiger partial charge in [-0.25, -0.2) is 9.78 Å². The average molecular weight is 565 g/mol. The molecule has 1 amide bonds. The Morgan fingerprint density at radius 2 is 1.85 bits per heavy atom. The van der Waals surface area contributed by atoms with Crippen LogP contribution in [-0.4, -0.2) is 66.4 Å². The van der Waals surface area contributed by atoms with Crippen molar-refractivity contribution in [1.29, 1.82) is 0 Å². The molecule has 1 unspecified atom stereocenters. The first kappa shape index (κ1) is 26.9.